The zero-order valence-electron chi connectivity index (χ0n) is 10.6. The number of halogens is 1. The molecule has 5 heteroatoms. The molecule has 2 aromatic rings. The van der Waals surface area contributed by atoms with Gasteiger partial charge in [0, 0.05) is 34.6 Å². The van der Waals surface area contributed by atoms with Gasteiger partial charge in [-0.1, -0.05) is 17.7 Å². The van der Waals surface area contributed by atoms with E-state index < -0.39 is 0 Å². The Balaban J connectivity index is 1.95. The van der Waals surface area contributed by atoms with Gasteiger partial charge in [-0.25, -0.2) is 0 Å². The van der Waals surface area contributed by atoms with E-state index in [0.717, 1.165) is 16.6 Å². The Labute approximate surface area is 116 Å². The maximum Gasteiger partial charge on any atom is 0.323 e. The Hall–Kier alpha value is -1.52. The Morgan fingerprint density at radius 3 is 3.16 bits per heavy atom. The quantitative estimate of drug-likeness (QED) is 0.830. The van der Waals surface area contributed by atoms with Gasteiger partial charge in [0.15, 0.2) is 0 Å². The van der Waals surface area contributed by atoms with E-state index in [1.54, 1.807) is 0 Å². The van der Waals surface area contributed by atoms with Crippen LogP contribution >= 0.6 is 11.6 Å². The minimum Gasteiger partial charge on any atom is -0.465 e. The van der Waals surface area contributed by atoms with Crippen LogP contribution in [0.5, 0.6) is 0 Å². The minimum atomic E-state index is -0.262. The predicted octanol–water partition coefficient (Wildman–Crippen LogP) is 2.40. The average molecular weight is 279 g/mol. The van der Waals surface area contributed by atoms with Crippen molar-refractivity contribution < 1.29 is 9.53 Å². The van der Waals surface area contributed by atoms with Crippen LogP contribution < -0.4 is 5.32 Å². The molecule has 0 saturated heterocycles. The van der Waals surface area contributed by atoms with Crippen LogP contribution in [-0.2, 0) is 22.5 Å². The molecule has 2 N–H and O–H groups in total. The third-order valence-electron chi connectivity index (χ3n) is 3.46. The molecule has 0 aliphatic carbocycles. The van der Waals surface area contributed by atoms with Gasteiger partial charge in [-0.3, -0.25) is 10.1 Å². The van der Waals surface area contributed by atoms with Crippen LogP contribution in [0.15, 0.2) is 18.2 Å². The fourth-order valence-electron chi connectivity index (χ4n) is 2.58. The number of nitrogens with one attached hydrogen (secondary N) is 2. The largest absolute Gasteiger partial charge is 0.465 e. The summed E-state index contributed by atoms with van der Waals surface area (Å²) in [5.74, 6) is -0.184. The zero-order chi connectivity index (χ0) is 13.4. The Morgan fingerprint density at radius 1 is 1.53 bits per heavy atom. The number of ether oxygens (including phenoxy) is 1. The molecule has 19 heavy (non-hydrogen) atoms. The van der Waals surface area contributed by atoms with Crippen molar-refractivity contribution in [2.45, 2.75) is 25.9 Å². The summed E-state index contributed by atoms with van der Waals surface area (Å²) in [4.78, 5) is 15.2. The maximum absolute atomic E-state index is 11.8. The fourth-order valence-corrected chi connectivity index (χ4v) is 2.75. The van der Waals surface area contributed by atoms with Crippen LogP contribution in [0, 0.1) is 0 Å². The highest BCUT2D eigenvalue weighted by Crippen LogP contribution is 2.28. The summed E-state index contributed by atoms with van der Waals surface area (Å²) in [5.41, 5.74) is 3.32. The molecule has 0 radical (unpaired) electrons. The third kappa shape index (κ3) is 2.22. The van der Waals surface area contributed by atoms with E-state index in [4.69, 9.17) is 16.3 Å². The molecule has 3 rings (SSSR count). The summed E-state index contributed by atoms with van der Waals surface area (Å²) >= 11 is 5.99. The number of H-pyrrole nitrogens is 1. The predicted molar refractivity (Wildman–Crippen MR) is 74.3 cm³/mol. The van der Waals surface area contributed by atoms with Crippen molar-refractivity contribution in [3.63, 3.8) is 0 Å². The molecule has 1 unspecified atom stereocenters. The van der Waals surface area contributed by atoms with Crippen molar-refractivity contribution in [3.8, 4) is 0 Å². The van der Waals surface area contributed by atoms with Gasteiger partial charge in [-0.2, -0.15) is 0 Å². The van der Waals surface area contributed by atoms with Crippen molar-refractivity contribution in [3.05, 3.63) is 34.5 Å². The van der Waals surface area contributed by atoms with Crippen LogP contribution in [0.1, 0.15) is 18.2 Å². The summed E-state index contributed by atoms with van der Waals surface area (Å²) in [6.45, 7) is 2.87. The average Bonchev–Trinajstić information content (AvgIpc) is 2.75. The van der Waals surface area contributed by atoms with Gasteiger partial charge >= 0.3 is 5.97 Å². The maximum atomic E-state index is 11.8. The van der Waals surface area contributed by atoms with Gasteiger partial charge < -0.3 is 9.72 Å². The van der Waals surface area contributed by atoms with Crippen LogP contribution in [0.3, 0.4) is 0 Å². The minimum absolute atomic E-state index is 0.184. The van der Waals surface area contributed by atoms with Gasteiger partial charge in [0.1, 0.15) is 6.04 Å². The molecular formula is C14H15ClN2O2. The summed E-state index contributed by atoms with van der Waals surface area (Å²) < 4.78 is 5.07. The number of aromatic amines is 1. The summed E-state index contributed by atoms with van der Waals surface area (Å²) in [7, 11) is 0. The molecule has 0 saturated carbocycles. The fraction of sp³-hybridized carbons (Fsp3) is 0.357. The molecule has 1 aromatic heterocycles. The lowest BCUT2D eigenvalue weighted by molar-refractivity contribution is -0.145. The second-order valence-electron chi connectivity index (χ2n) is 4.66. The van der Waals surface area contributed by atoms with E-state index in [1.165, 1.54) is 5.56 Å². The molecule has 0 bridgehead atoms. The lowest BCUT2D eigenvalue weighted by atomic mass is 9.99. The van der Waals surface area contributed by atoms with Crippen molar-refractivity contribution in [1.29, 1.82) is 0 Å². The molecular weight excluding hydrogens is 264 g/mol. The number of carbonyl (C=O) groups excluding carboxylic acids is 1. The molecule has 1 aliphatic heterocycles. The number of fused-ring (bicyclic) bond motifs is 3. The van der Waals surface area contributed by atoms with Gasteiger partial charge in [0.2, 0.25) is 0 Å². The molecule has 1 atom stereocenters. The van der Waals surface area contributed by atoms with E-state index in [9.17, 15) is 4.79 Å². The molecule has 0 amide bonds. The van der Waals surface area contributed by atoms with Crippen molar-refractivity contribution in [2.24, 2.45) is 0 Å². The molecule has 1 aliphatic rings. The highest BCUT2D eigenvalue weighted by molar-refractivity contribution is 6.31. The van der Waals surface area contributed by atoms with Crippen molar-refractivity contribution >= 4 is 28.5 Å². The van der Waals surface area contributed by atoms with E-state index in [-0.39, 0.29) is 12.0 Å². The first-order valence-electron chi connectivity index (χ1n) is 6.38. The Bertz CT molecular complexity index is 636. The number of hydrogen-bond acceptors (Lipinski definition) is 3. The van der Waals surface area contributed by atoms with Crippen LogP contribution in [-0.4, -0.2) is 23.6 Å². The van der Waals surface area contributed by atoms with E-state index in [1.807, 2.05) is 25.1 Å². The number of aromatic nitrogens is 1. The van der Waals surface area contributed by atoms with Crippen LogP contribution in [0.2, 0.25) is 5.02 Å². The number of rotatable bonds is 2. The monoisotopic (exact) mass is 278 g/mol. The highest BCUT2D eigenvalue weighted by Gasteiger charge is 2.27. The van der Waals surface area contributed by atoms with Crippen LogP contribution in [0.25, 0.3) is 10.9 Å². The van der Waals surface area contributed by atoms with Gasteiger partial charge in [-0.05, 0) is 24.6 Å². The lowest BCUT2D eigenvalue weighted by Gasteiger charge is -2.22. The van der Waals surface area contributed by atoms with Gasteiger partial charge in [0.25, 0.3) is 0 Å². The first-order chi connectivity index (χ1) is 9.19. The van der Waals surface area contributed by atoms with E-state index >= 15 is 0 Å². The standard InChI is InChI=1S/C14H15ClN2O2/c1-2-19-14(18)12-6-10-9-4-3-8(15)5-11(9)17-13(10)7-16-12/h3-5,12,16-17H,2,6-7H2,1H3. The van der Waals surface area contributed by atoms with Crippen molar-refractivity contribution in [1.82, 2.24) is 10.3 Å². The molecule has 4 nitrogen and oxygen atoms in total. The van der Waals surface area contributed by atoms with Gasteiger partial charge in [-0.15, -0.1) is 0 Å². The lowest BCUT2D eigenvalue weighted by Crippen LogP contribution is -2.42. The molecule has 100 valence electrons. The van der Waals surface area contributed by atoms with Crippen molar-refractivity contribution in [2.75, 3.05) is 6.61 Å². The smallest absolute Gasteiger partial charge is 0.323 e. The molecule has 2 heterocycles. The first-order valence-corrected chi connectivity index (χ1v) is 6.76. The van der Waals surface area contributed by atoms with E-state index in [2.05, 4.69) is 10.3 Å². The first kappa shape index (κ1) is 12.5. The number of carbonyl (C=O) groups is 1. The van der Waals surface area contributed by atoms with Crippen LogP contribution in [0.4, 0.5) is 0 Å². The Kier molecular flexibility index (Phi) is 3.21. The summed E-state index contributed by atoms with van der Waals surface area (Å²) in [6.07, 6.45) is 0.649. The molecule has 1 aromatic carbocycles. The Morgan fingerprint density at radius 2 is 2.37 bits per heavy atom. The molecule has 0 spiro atoms. The topological polar surface area (TPSA) is 54.1 Å². The normalized spacial score (nSPS) is 18.3. The highest BCUT2D eigenvalue weighted by atomic mass is 35.5. The second kappa shape index (κ2) is 4.87. The van der Waals surface area contributed by atoms with Gasteiger partial charge in [0.05, 0.1) is 6.61 Å². The number of benzene rings is 1. The molecule has 0 fully saturated rings. The summed E-state index contributed by atoms with van der Waals surface area (Å²) in [5, 5.41) is 5.04. The second-order valence-corrected chi connectivity index (χ2v) is 5.10. The summed E-state index contributed by atoms with van der Waals surface area (Å²) in [6, 6.07) is 5.52. The number of hydrogen-bond donors (Lipinski definition) is 2. The number of esters is 1. The SMILES string of the molecule is CCOC(=O)C1Cc2c([nH]c3cc(Cl)ccc23)CN1. The zero-order valence-corrected chi connectivity index (χ0v) is 11.4. The van der Waals surface area contributed by atoms with E-state index in [0.29, 0.717) is 24.6 Å². The third-order valence-corrected chi connectivity index (χ3v) is 3.70.